The largest absolute Gasteiger partial charge is 0.489 e. The van der Waals surface area contributed by atoms with Gasteiger partial charge in [-0.25, -0.2) is 8.42 Å². The Balaban J connectivity index is 1.87. The van der Waals surface area contributed by atoms with Crippen LogP contribution in [0.2, 0.25) is 0 Å². The Hall–Kier alpha value is -2.36. The molecule has 0 fully saturated rings. The minimum atomic E-state index is -2.94. The summed E-state index contributed by atoms with van der Waals surface area (Å²) in [5.74, 6) is 0.859. The Morgan fingerprint density at radius 3 is 2.62 bits per heavy atom. The summed E-state index contributed by atoms with van der Waals surface area (Å²) < 4.78 is 27.9. The molecule has 0 saturated carbocycles. The van der Waals surface area contributed by atoms with Crippen molar-refractivity contribution in [2.45, 2.75) is 13.2 Å². The molecule has 0 bridgehead atoms. The molecule has 0 amide bonds. The Bertz CT molecular complexity index is 826. The lowest BCUT2D eigenvalue weighted by Gasteiger charge is -2.09. The van der Waals surface area contributed by atoms with Gasteiger partial charge in [0.1, 0.15) is 22.2 Å². The second-order valence-electron chi connectivity index (χ2n) is 5.55. The second kappa shape index (κ2) is 8.48. The molecule has 5 nitrogen and oxygen atoms in total. The normalized spacial score (nSPS) is 11.0. The van der Waals surface area contributed by atoms with E-state index < -0.39 is 9.84 Å². The summed E-state index contributed by atoms with van der Waals surface area (Å²) >= 11 is 0. The molecule has 0 aliphatic rings. The van der Waals surface area contributed by atoms with Crippen molar-refractivity contribution in [3.63, 3.8) is 0 Å². The molecule has 0 heterocycles. The highest BCUT2D eigenvalue weighted by molar-refractivity contribution is 7.90. The van der Waals surface area contributed by atoms with Gasteiger partial charge in [0.25, 0.3) is 0 Å². The molecule has 0 atom stereocenters. The number of rotatable bonds is 8. The summed E-state index contributed by atoms with van der Waals surface area (Å²) in [4.78, 5) is 0. The van der Waals surface area contributed by atoms with Crippen LogP contribution in [0.15, 0.2) is 48.5 Å². The van der Waals surface area contributed by atoms with Gasteiger partial charge in [0.05, 0.1) is 17.4 Å². The van der Waals surface area contributed by atoms with Gasteiger partial charge < -0.3 is 10.1 Å². The summed E-state index contributed by atoms with van der Waals surface area (Å²) in [6, 6.07) is 17.1. The summed E-state index contributed by atoms with van der Waals surface area (Å²) in [6.45, 7) is 1.39. The van der Waals surface area contributed by atoms with E-state index in [1.807, 2.05) is 36.4 Å². The first kappa shape index (κ1) is 18.0. The first-order valence-electron chi connectivity index (χ1n) is 7.55. The number of hydrogen-bond acceptors (Lipinski definition) is 5. The van der Waals surface area contributed by atoms with Crippen LogP contribution in [-0.4, -0.2) is 27.0 Å². The highest BCUT2D eigenvalue weighted by Gasteiger charge is 2.02. The predicted molar refractivity (Wildman–Crippen MR) is 93.3 cm³/mol. The van der Waals surface area contributed by atoms with E-state index in [0.29, 0.717) is 25.3 Å². The smallest absolute Gasteiger partial charge is 0.148 e. The van der Waals surface area contributed by atoms with Gasteiger partial charge in [0, 0.05) is 19.3 Å². The molecule has 6 heteroatoms. The molecular weight excluding hydrogens is 324 g/mol. The number of nitrogens with one attached hydrogen (secondary N) is 1. The van der Waals surface area contributed by atoms with Gasteiger partial charge in [-0.3, -0.25) is 0 Å². The Morgan fingerprint density at radius 1 is 1.12 bits per heavy atom. The van der Waals surface area contributed by atoms with Gasteiger partial charge in [-0.1, -0.05) is 24.3 Å². The van der Waals surface area contributed by atoms with Crippen molar-refractivity contribution in [1.29, 1.82) is 5.26 Å². The van der Waals surface area contributed by atoms with E-state index in [1.165, 1.54) is 6.26 Å². The van der Waals surface area contributed by atoms with Crippen molar-refractivity contribution in [2.75, 3.05) is 18.6 Å². The van der Waals surface area contributed by atoms with Crippen molar-refractivity contribution < 1.29 is 13.2 Å². The van der Waals surface area contributed by atoms with Crippen LogP contribution in [0.25, 0.3) is 0 Å². The quantitative estimate of drug-likeness (QED) is 0.743. The number of ether oxygens (including phenoxy) is 1. The highest BCUT2D eigenvalue weighted by Crippen LogP contribution is 2.15. The second-order valence-corrected chi connectivity index (χ2v) is 7.81. The first-order chi connectivity index (χ1) is 11.5. The van der Waals surface area contributed by atoms with Crippen LogP contribution in [0, 0.1) is 11.3 Å². The molecule has 2 aromatic carbocycles. The van der Waals surface area contributed by atoms with E-state index in [2.05, 4.69) is 11.4 Å². The van der Waals surface area contributed by atoms with Crippen LogP contribution in [0.4, 0.5) is 0 Å². The Labute approximate surface area is 142 Å². The van der Waals surface area contributed by atoms with Crippen molar-refractivity contribution in [2.24, 2.45) is 0 Å². The lowest BCUT2D eigenvalue weighted by Crippen LogP contribution is -2.21. The fraction of sp³-hybridized carbons (Fsp3) is 0.278. The molecule has 0 spiro atoms. The van der Waals surface area contributed by atoms with E-state index in [-0.39, 0.29) is 5.75 Å². The van der Waals surface area contributed by atoms with E-state index in [1.54, 1.807) is 12.1 Å². The average Bonchev–Trinajstić information content (AvgIpc) is 2.57. The number of sulfone groups is 1. The third kappa shape index (κ3) is 6.41. The molecule has 0 radical (unpaired) electrons. The lowest BCUT2D eigenvalue weighted by molar-refractivity contribution is 0.306. The molecule has 1 N–H and O–H groups in total. The van der Waals surface area contributed by atoms with Crippen LogP contribution in [0.3, 0.4) is 0 Å². The number of benzene rings is 2. The third-order valence-corrected chi connectivity index (χ3v) is 4.28. The van der Waals surface area contributed by atoms with Gasteiger partial charge in [-0.05, 0) is 35.4 Å². The zero-order valence-corrected chi connectivity index (χ0v) is 14.3. The molecule has 0 unspecified atom stereocenters. The summed E-state index contributed by atoms with van der Waals surface area (Å²) in [6.07, 6.45) is 1.23. The number of hydrogen-bond donors (Lipinski definition) is 1. The average molecular weight is 344 g/mol. The van der Waals surface area contributed by atoms with Crippen LogP contribution in [-0.2, 0) is 23.0 Å². The van der Waals surface area contributed by atoms with Crippen LogP contribution < -0.4 is 10.1 Å². The number of nitriles is 1. The summed E-state index contributed by atoms with van der Waals surface area (Å²) in [5, 5.41) is 12.0. The molecule has 0 aliphatic carbocycles. The molecule has 0 aromatic heterocycles. The van der Waals surface area contributed by atoms with Gasteiger partial charge >= 0.3 is 0 Å². The minimum absolute atomic E-state index is 0.123. The molecule has 0 saturated heterocycles. The summed E-state index contributed by atoms with van der Waals surface area (Å²) in [5.41, 5.74) is 2.57. The molecule has 0 aliphatic heterocycles. The van der Waals surface area contributed by atoms with Crippen LogP contribution in [0.1, 0.15) is 16.7 Å². The molecule has 2 aromatic rings. The van der Waals surface area contributed by atoms with E-state index >= 15 is 0 Å². The standard InChI is InChI=1S/C18H20N2O3S/c1-24(21,22)9-8-20-13-16-5-3-7-18(11-16)23-14-17-6-2-4-15(10-17)12-19/h2-7,10-11,20H,8-9,13-14H2,1H3. The molecule has 24 heavy (non-hydrogen) atoms. The maximum Gasteiger partial charge on any atom is 0.148 e. The van der Waals surface area contributed by atoms with E-state index in [9.17, 15) is 8.42 Å². The van der Waals surface area contributed by atoms with Gasteiger partial charge in [-0.2, -0.15) is 5.26 Å². The number of nitrogens with zero attached hydrogens (tertiary/aromatic N) is 1. The maximum atomic E-state index is 11.1. The SMILES string of the molecule is CS(=O)(=O)CCNCc1cccc(OCc2cccc(C#N)c2)c1. The lowest BCUT2D eigenvalue weighted by atomic mass is 10.1. The van der Waals surface area contributed by atoms with Crippen molar-refractivity contribution >= 4 is 9.84 Å². The zero-order chi connectivity index (χ0) is 17.4. The van der Waals surface area contributed by atoms with Gasteiger partial charge in [-0.15, -0.1) is 0 Å². The highest BCUT2D eigenvalue weighted by atomic mass is 32.2. The van der Waals surface area contributed by atoms with Gasteiger partial charge in [0.15, 0.2) is 0 Å². The monoisotopic (exact) mass is 344 g/mol. The molecule has 2 rings (SSSR count). The van der Waals surface area contributed by atoms with Crippen molar-refractivity contribution in [3.05, 3.63) is 65.2 Å². The molecule has 126 valence electrons. The zero-order valence-electron chi connectivity index (χ0n) is 13.5. The van der Waals surface area contributed by atoms with Crippen molar-refractivity contribution in [1.82, 2.24) is 5.32 Å². The topological polar surface area (TPSA) is 79.2 Å². The maximum absolute atomic E-state index is 11.1. The van der Waals surface area contributed by atoms with Gasteiger partial charge in [0.2, 0.25) is 0 Å². The molecular formula is C18H20N2O3S. The predicted octanol–water partition coefficient (Wildman–Crippen LogP) is 2.27. The Morgan fingerprint density at radius 2 is 1.88 bits per heavy atom. The Kier molecular flexibility index (Phi) is 6.36. The van der Waals surface area contributed by atoms with E-state index in [0.717, 1.165) is 16.9 Å². The van der Waals surface area contributed by atoms with Crippen molar-refractivity contribution in [3.8, 4) is 11.8 Å². The van der Waals surface area contributed by atoms with Crippen LogP contribution >= 0.6 is 0 Å². The summed E-state index contributed by atoms with van der Waals surface area (Å²) in [7, 11) is -2.94. The van der Waals surface area contributed by atoms with Crippen LogP contribution in [0.5, 0.6) is 5.75 Å². The first-order valence-corrected chi connectivity index (χ1v) is 9.61. The fourth-order valence-electron chi connectivity index (χ4n) is 2.13. The minimum Gasteiger partial charge on any atom is -0.489 e. The fourth-order valence-corrected chi connectivity index (χ4v) is 2.65. The van der Waals surface area contributed by atoms with E-state index in [4.69, 9.17) is 10.00 Å². The third-order valence-electron chi connectivity index (χ3n) is 3.34.